The number of allylic oxidation sites excluding steroid dienone is 1. The summed E-state index contributed by atoms with van der Waals surface area (Å²) >= 11 is 0. The fourth-order valence-corrected chi connectivity index (χ4v) is 4.59. The van der Waals surface area contributed by atoms with Gasteiger partial charge in [0.05, 0.1) is 25.0 Å². The number of benzene rings is 2. The highest BCUT2D eigenvalue weighted by atomic mass is 16.5. The molecule has 0 radical (unpaired) electrons. The molecule has 5 nitrogen and oxygen atoms in total. The van der Waals surface area contributed by atoms with Crippen LogP contribution in [0, 0.1) is 11.3 Å². The molecule has 4 rings (SSSR count). The first kappa shape index (κ1) is 20.2. The lowest BCUT2D eigenvalue weighted by Gasteiger charge is -2.24. The van der Waals surface area contributed by atoms with Gasteiger partial charge in [0, 0.05) is 11.6 Å². The molecule has 0 aromatic heterocycles. The Bertz CT molecular complexity index is 948. The van der Waals surface area contributed by atoms with E-state index in [-0.39, 0.29) is 17.8 Å². The first-order valence-corrected chi connectivity index (χ1v) is 10.4. The highest BCUT2D eigenvalue weighted by molar-refractivity contribution is 5.92. The van der Waals surface area contributed by atoms with Gasteiger partial charge in [-0.15, -0.1) is 0 Å². The van der Waals surface area contributed by atoms with E-state index in [1.807, 2.05) is 55.5 Å². The molecule has 1 aliphatic heterocycles. The number of carbonyl (C=O) groups is 2. The van der Waals surface area contributed by atoms with Gasteiger partial charge in [-0.2, -0.15) is 0 Å². The third kappa shape index (κ3) is 4.11. The van der Waals surface area contributed by atoms with Gasteiger partial charge in [-0.3, -0.25) is 9.59 Å². The van der Waals surface area contributed by atoms with E-state index in [2.05, 4.69) is 11.9 Å². The van der Waals surface area contributed by atoms with Crippen LogP contribution in [0.2, 0.25) is 0 Å². The molecule has 1 amide bonds. The van der Waals surface area contributed by atoms with Crippen molar-refractivity contribution in [2.75, 3.05) is 18.5 Å². The SMILES string of the molecule is C=C1CC2COC(=O)C2(Cc2ccc(NC(=O)Cc3ccc(OCC)cc3)cc2)C1. The van der Waals surface area contributed by atoms with Crippen molar-refractivity contribution in [3.63, 3.8) is 0 Å². The van der Waals surface area contributed by atoms with E-state index in [9.17, 15) is 9.59 Å². The largest absolute Gasteiger partial charge is 0.494 e. The van der Waals surface area contributed by atoms with Crippen LogP contribution in [0.3, 0.4) is 0 Å². The predicted octanol–water partition coefficient (Wildman–Crippen LogP) is 4.32. The number of carbonyl (C=O) groups excluding carboxylic acids is 2. The van der Waals surface area contributed by atoms with Crippen LogP contribution < -0.4 is 10.1 Å². The third-order valence-electron chi connectivity index (χ3n) is 6.06. The number of ether oxygens (including phenoxy) is 2. The second kappa shape index (κ2) is 8.34. The topological polar surface area (TPSA) is 64.6 Å². The Morgan fingerprint density at radius 2 is 1.87 bits per heavy atom. The molecular weight excluding hydrogens is 378 g/mol. The number of esters is 1. The van der Waals surface area contributed by atoms with Crippen molar-refractivity contribution in [1.29, 1.82) is 0 Å². The lowest BCUT2D eigenvalue weighted by molar-refractivity contribution is -0.146. The second-order valence-electron chi connectivity index (χ2n) is 8.26. The van der Waals surface area contributed by atoms with Crippen molar-refractivity contribution in [3.05, 3.63) is 71.8 Å². The number of amides is 1. The van der Waals surface area contributed by atoms with Gasteiger partial charge in [0.2, 0.25) is 5.91 Å². The maximum atomic E-state index is 12.4. The first-order valence-electron chi connectivity index (χ1n) is 10.4. The van der Waals surface area contributed by atoms with Crippen LogP contribution >= 0.6 is 0 Å². The molecule has 2 atom stereocenters. The van der Waals surface area contributed by atoms with Crippen molar-refractivity contribution in [2.45, 2.75) is 32.6 Å². The molecule has 2 aromatic rings. The normalized spacial score (nSPS) is 22.5. The molecule has 156 valence electrons. The van der Waals surface area contributed by atoms with Crippen molar-refractivity contribution in [1.82, 2.24) is 0 Å². The lowest BCUT2D eigenvalue weighted by atomic mass is 9.75. The van der Waals surface area contributed by atoms with Gasteiger partial charge in [-0.05, 0) is 61.6 Å². The predicted molar refractivity (Wildman–Crippen MR) is 115 cm³/mol. The van der Waals surface area contributed by atoms with Crippen molar-refractivity contribution in [3.8, 4) is 5.75 Å². The Kier molecular flexibility index (Phi) is 5.62. The second-order valence-corrected chi connectivity index (χ2v) is 8.26. The monoisotopic (exact) mass is 405 g/mol. The molecule has 1 saturated carbocycles. The summed E-state index contributed by atoms with van der Waals surface area (Å²) in [5.74, 6) is 0.859. The smallest absolute Gasteiger partial charge is 0.313 e. The van der Waals surface area contributed by atoms with Gasteiger partial charge in [0.1, 0.15) is 5.75 Å². The first-order chi connectivity index (χ1) is 14.5. The number of rotatable bonds is 7. The van der Waals surface area contributed by atoms with Gasteiger partial charge in [-0.25, -0.2) is 0 Å². The fourth-order valence-electron chi connectivity index (χ4n) is 4.59. The minimum Gasteiger partial charge on any atom is -0.494 e. The molecule has 0 spiro atoms. The Morgan fingerprint density at radius 1 is 1.17 bits per heavy atom. The maximum Gasteiger partial charge on any atom is 0.313 e. The van der Waals surface area contributed by atoms with Gasteiger partial charge in [-0.1, -0.05) is 36.4 Å². The molecule has 2 aliphatic rings. The van der Waals surface area contributed by atoms with Gasteiger partial charge in [0.25, 0.3) is 0 Å². The maximum absolute atomic E-state index is 12.4. The Labute approximate surface area is 177 Å². The van der Waals surface area contributed by atoms with Gasteiger partial charge in [0.15, 0.2) is 0 Å². The van der Waals surface area contributed by atoms with Crippen LogP contribution in [0.25, 0.3) is 0 Å². The average Bonchev–Trinajstić information content (AvgIpc) is 3.19. The quantitative estimate of drug-likeness (QED) is 0.550. The summed E-state index contributed by atoms with van der Waals surface area (Å²) < 4.78 is 10.8. The zero-order valence-electron chi connectivity index (χ0n) is 17.3. The minimum absolute atomic E-state index is 0.0722. The third-order valence-corrected chi connectivity index (χ3v) is 6.06. The van der Waals surface area contributed by atoms with Crippen LogP contribution in [-0.2, 0) is 27.2 Å². The van der Waals surface area contributed by atoms with E-state index in [0.717, 1.165) is 34.6 Å². The summed E-state index contributed by atoms with van der Waals surface area (Å²) in [7, 11) is 0. The Balaban J connectivity index is 1.36. The van der Waals surface area contributed by atoms with Crippen molar-refractivity contribution < 1.29 is 19.1 Å². The van der Waals surface area contributed by atoms with Crippen LogP contribution in [0.5, 0.6) is 5.75 Å². The zero-order valence-corrected chi connectivity index (χ0v) is 17.3. The number of hydrogen-bond acceptors (Lipinski definition) is 4. The average molecular weight is 405 g/mol. The minimum atomic E-state index is -0.463. The summed E-state index contributed by atoms with van der Waals surface area (Å²) in [4.78, 5) is 24.8. The molecule has 2 fully saturated rings. The molecule has 2 unspecified atom stereocenters. The molecule has 1 saturated heterocycles. The van der Waals surface area contributed by atoms with E-state index >= 15 is 0 Å². The highest BCUT2D eigenvalue weighted by Gasteiger charge is 2.55. The zero-order chi connectivity index (χ0) is 21.1. The molecule has 0 bridgehead atoms. The molecule has 2 aromatic carbocycles. The standard InChI is InChI=1S/C25H27NO4/c1-3-29-22-10-6-18(7-11-22)13-23(27)26-21-8-4-19(5-9-21)15-25-14-17(2)12-20(25)16-30-24(25)28/h4-11,20H,2-3,12-16H2,1H3,(H,26,27). The van der Waals surface area contributed by atoms with Gasteiger partial charge >= 0.3 is 5.97 Å². The number of hydrogen-bond donors (Lipinski definition) is 1. The Hall–Kier alpha value is -3.08. The van der Waals surface area contributed by atoms with Crippen LogP contribution in [0.15, 0.2) is 60.7 Å². The van der Waals surface area contributed by atoms with Crippen molar-refractivity contribution in [2.24, 2.45) is 11.3 Å². The van der Waals surface area contributed by atoms with E-state index in [0.29, 0.717) is 32.5 Å². The fraction of sp³-hybridized carbons (Fsp3) is 0.360. The van der Waals surface area contributed by atoms with E-state index in [1.54, 1.807) is 0 Å². The molecule has 5 heteroatoms. The van der Waals surface area contributed by atoms with Crippen LogP contribution in [-0.4, -0.2) is 25.1 Å². The summed E-state index contributed by atoms with van der Waals surface area (Å²) in [5, 5.41) is 2.94. The molecule has 30 heavy (non-hydrogen) atoms. The number of anilines is 1. The van der Waals surface area contributed by atoms with Crippen LogP contribution in [0.4, 0.5) is 5.69 Å². The Morgan fingerprint density at radius 3 is 2.57 bits per heavy atom. The molecule has 1 aliphatic carbocycles. The van der Waals surface area contributed by atoms with Crippen molar-refractivity contribution >= 4 is 17.6 Å². The number of nitrogens with one attached hydrogen (secondary N) is 1. The summed E-state index contributed by atoms with van der Waals surface area (Å²) in [5.41, 5.74) is 3.41. The molecule has 1 N–H and O–H groups in total. The molecular formula is C25H27NO4. The van der Waals surface area contributed by atoms with E-state index < -0.39 is 5.41 Å². The summed E-state index contributed by atoms with van der Waals surface area (Å²) in [6, 6.07) is 15.3. The lowest BCUT2D eigenvalue weighted by Crippen LogP contribution is -2.31. The van der Waals surface area contributed by atoms with E-state index in [4.69, 9.17) is 9.47 Å². The van der Waals surface area contributed by atoms with Gasteiger partial charge < -0.3 is 14.8 Å². The molecule has 1 heterocycles. The summed E-state index contributed by atoms with van der Waals surface area (Å²) in [6.45, 7) is 7.15. The number of cyclic esters (lactones) is 1. The number of fused-ring (bicyclic) bond motifs is 1. The highest BCUT2D eigenvalue weighted by Crippen LogP contribution is 2.52. The van der Waals surface area contributed by atoms with Crippen LogP contribution in [0.1, 0.15) is 30.9 Å². The summed E-state index contributed by atoms with van der Waals surface area (Å²) in [6.07, 6.45) is 2.52. The van der Waals surface area contributed by atoms with E-state index in [1.165, 1.54) is 0 Å².